The zero-order valence-corrected chi connectivity index (χ0v) is 10.7. The number of hydrogen-bond acceptors (Lipinski definition) is 2. The summed E-state index contributed by atoms with van der Waals surface area (Å²) in [6.07, 6.45) is 3.70. The number of rotatable bonds is 5. The molecule has 0 spiro atoms. The van der Waals surface area contributed by atoms with Crippen molar-refractivity contribution >= 4 is 11.8 Å². The van der Waals surface area contributed by atoms with Crippen LogP contribution in [-0.2, 0) is 9.59 Å². The number of piperidine rings is 1. The largest absolute Gasteiger partial charge is 0.347 e. The second-order valence-electron chi connectivity index (χ2n) is 4.74. The Hall–Kier alpha value is -1.10. The Balaban J connectivity index is 2.10. The maximum Gasteiger partial charge on any atom is 0.241 e. The molecule has 0 bridgehead atoms. The molecule has 1 heterocycles. The van der Waals surface area contributed by atoms with Crippen molar-refractivity contribution in [1.29, 1.82) is 0 Å². The SMILES string of the molecule is CN(C)C(=O)CNC(=O)CCC1CCC[N]C1. The molecule has 1 atom stereocenters. The summed E-state index contributed by atoms with van der Waals surface area (Å²) in [6, 6.07) is 0. The van der Waals surface area contributed by atoms with Crippen LogP contribution in [0.15, 0.2) is 0 Å². The molecule has 1 aliphatic rings. The first kappa shape index (κ1) is 14.0. The van der Waals surface area contributed by atoms with Crippen LogP contribution in [0.25, 0.3) is 0 Å². The monoisotopic (exact) mass is 240 g/mol. The van der Waals surface area contributed by atoms with Crippen molar-refractivity contribution in [2.75, 3.05) is 33.7 Å². The van der Waals surface area contributed by atoms with Crippen LogP contribution < -0.4 is 10.6 Å². The molecule has 17 heavy (non-hydrogen) atoms. The Kier molecular flexibility index (Phi) is 5.97. The molecule has 0 aromatic heterocycles. The Labute approximate surface area is 103 Å². The number of amides is 2. The molecule has 1 unspecified atom stereocenters. The van der Waals surface area contributed by atoms with Gasteiger partial charge in [-0.1, -0.05) is 0 Å². The lowest BCUT2D eigenvalue weighted by atomic mass is 9.94. The average molecular weight is 240 g/mol. The van der Waals surface area contributed by atoms with Crippen molar-refractivity contribution in [2.24, 2.45) is 5.92 Å². The van der Waals surface area contributed by atoms with Gasteiger partial charge in [-0.3, -0.25) is 9.59 Å². The average Bonchev–Trinajstić information content (AvgIpc) is 2.34. The third-order valence-corrected chi connectivity index (χ3v) is 3.03. The van der Waals surface area contributed by atoms with Crippen LogP contribution in [0.3, 0.4) is 0 Å². The standard InChI is InChI=1S/C12H22N3O2/c1-15(2)12(17)9-14-11(16)6-5-10-4-3-7-13-8-10/h10H,3-9H2,1-2H3,(H,14,16). The predicted octanol–water partition coefficient (Wildman–Crippen LogP) is -0.0146. The molecule has 1 aliphatic heterocycles. The van der Waals surface area contributed by atoms with E-state index in [0.29, 0.717) is 12.3 Å². The fraction of sp³-hybridized carbons (Fsp3) is 0.833. The van der Waals surface area contributed by atoms with Gasteiger partial charge in [-0.2, -0.15) is 0 Å². The summed E-state index contributed by atoms with van der Waals surface area (Å²) in [5.74, 6) is 0.441. The molecule has 0 saturated carbocycles. The van der Waals surface area contributed by atoms with Crippen molar-refractivity contribution in [1.82, 2.24) is 15.5 Å². The van der Waals surface area contributed by atoms with Crippen molar-refractivity contribution in [3.63, 3.8) is 0 Å². The highest BCUT2D eigenvalue weighted by Gasteiger charge is 2.15. The van der Waals surface area contributed by atoms with E-state index in [1.807, 2.05) is 0 Å². The van der Waals surface area contributed by atoms with Crippen LogP contribution >= 0.6 is 0 Å². The van der Waals surface area contributed by atoms with Gasteiger partial charge < -0.3 is 10.2 Å². The zero-order valence-electron chi connectivity index (χ0n) is 10.7. The van der Waals surface area contributed by atoms with Gasteiger partial charge in [0.1, 0.15) is 0 Å². The topological polar surface area (TPSA) is 63.5 Å². The van der Waals surface area contributed by atoms with Crippen LogP contribution in [0.4, 0.5) is 0 Å². The Morgan fingerprint density at radius 3 is 2.76 bits per heavy atom. The number of carbonyl (C=O) groups is 2. The van der Waals surface area contributed by atoms with Crippen LogP contribution in [0.1, 0.15) is 25.7 Å². The lowest BCUT2D eigenvalue weighted by Gasteiger charge is -2.21. The van der Waals surface area contributed by atoms with Crippen LogP contribution in [0.2, 0.25) is 0 Å². The van der Waals surface area contributed by atoms with E-state index in [0.717, 1.165) is 25.9 Å². The summed E-state index contributed by atoms with van der Waals surface area (Å²) in [4.78, 5) is 24.2. The summed E-state index contributed by atoms with van der Waals surface area (Å²) < 4.78 is 0. The zero-order chi connectivity index (χ0) is 12.7. The van der Waals surface area contributed by atoms with E-state index >= 15 is 0 Å². The minimum atomic E-state index is -0.0778. The van der Waals surface area contributed by atoms with Gasteiger partial charge in [0.05, 0.1) is 6.54 Å². The van der Waals surface area contributed by atoms with E-state index in [1.54, 1.807) is 14.1 Å². The third kappa shape index (κ3) is 5.68. The molecule has 1 N–H and O–H groups in total. The molecule has 0 aromatic carbocycles. The molecule has 1 radical (unpaired) electrons. The van der Waals surface area contributed by atoms with Gasteiger partial charge in [0, 0.05) is 33.6 Å². The molecule has 97 valence electrons. The molecular formula is C12H22N3O2. The second kappa shape index (κ2) is 7.27. The molecule has 2 amide bonds. The lowest BCUT2D eigenvalue weighted by Crippen LogP contribution is -2.36. The van der Waals surface area contributed by atoms with Gasteiger partial charge in [0.2, 0.25) is 11.8 Å². The van der Waals surface area contributed by atoms with Gasteiger partial charge in [0.25, 0.3) is 0 Å². The quantitative estimate of drug-likeness (QED) is 0.734. The van der Waals surface area contributed by atoms with Crippen molar-refractivity contribution < 1.29 is 9.59 Å². The number of nitrogens with zero attached hydrogens (tertiary/aromatic N) is 2. The number of hydrogen-bond donors (Lipinski definition) is 1. The van der Waals surface area contributed by atoms with Crippen molar-refractivity contribution in [3.05, 3.63) is 0 Å². The molecule has 0 aliphatic carbocycles. The number of carbonyl (C=O) groups excluding carboxylic acids is 2. The van der Waals surface area contributed by atoms with Crippen molar-refractivity contribution in [2.45, 2.75) is 25.7 Å². The van der Waals surface area contributed by atoms with Crippen LogP contribution in [-0.4, -0.2) is 50.4 Å². The highest BCUT2D eigenvalue weighted by molar-refractivity contribution is 5.84. The summed E-state index contributed by atoms with van der Waals surface area (Å²) >= 11 is 0. The fourth-order valence-electron chi connectivity index (χ4n) is 1.85. The first-order valence-corrected chi connectivity index (χ1v) is 6.19. The van der Waals surface area contributed by atoms with Crippen LogP contribution in [0.5, 0.6) is 0 Å². The van der Waals surface area contributed by atoms with Gasteiger partial charge >= 0.3 is 0 Å². The summed E-state index contributed by atoms with van der Waals surface area (Å²) in [5, 5.41) is 6.98. The molecule has 0 aromatic rings. The fourth-order valence-corrected chi connectivity index (χ4v) is 1.85. The summed E-state index contributed by atoms with van der Waals surface area (Å²) in [6.45, 7) is 1.96. The van der Waals surface area contributed by atoms with E-state index in [4.69, 9.17) is 0 Å². The Morgan fingerprint density at radius 2 is 2.18 bits per heavy atom. The van der Waals surface area contributed by atoms with E-state index in [-0.39, 0.29) is 18.4 Å². The maximum atomic E-state index is 11.5. The molecular weight excluding hydrogens is 218 g/mol. The maximum absolute atomic E-state index is 11.5. The third-order valence-electron chi connectivity index (χ3n) is 3.03. The smallest absolute Gasteiger partial charge is 0.241 e. The van der Waals surface area contributed by atoms with E-state index in [2.05, 4.69) is 10.6 Å². The highest BCUT2D eigenvalue weighted by Crippen LogP contribution is 2.16. The van der Waals surface area contributed by atoms with E-state index in [1.165, 1.54) is 11.3 Å². The van der Waals surface area contributed by atoms with Gasteiger partial charge in [-0.25, -0.2) is 5.32 Å². The molecule has 1 fully saturated rings. The van der Waals surface area contributed by atoms with E-state index in [9.17, 15) is 9.59 Å². The predicted molar refractivity (Wildman–Crippen MR) is 65.5 cm³/mol. The number of likely N-dealkylation sites (N-methyl/N-ethyl adjacent to an activating group) is 1. The van der Waals surface area contributed by atoms with E-state index < -0.39 is 0 Å². The first-order chi connectivity index (χ1) is 8.09. The molecule has 1 rings (SSSR count). The second-order valence-corrected chi connectivity index (χ2v) is 4.74. The molecule has 5 nitrogen and oxygen atoms in total. The first-order valence-electron chi connectivity index (χ1n) is 6.19. The van der Waals surface area contributed by atoms with Crippen LogP contribution in [0, 0.1) is 5.92 Å². The number of nitrogens with one attached hydrogen (secondary N) is 1. The lowest BCUT2D eigenvalue weighted by molar-refractivity contribution is -0.131. The van der Waals surface area contributed by atoms with Gasteiger partial charge in [-0.15, -0.1) is 0 Å². The van der Waals surface area contributed by atoms with Gasteiger partial charge in [-0.05, 0) is 25.2 Å². The Bertz CT molecular complexity index is 260. The minimum absolute atomic E-state index is 0.0363. The minimum Gasteiger partial charge on any atom is -0.347 e. The highest BCUT2D eigenvalue weighted by atomic mass is 16.2. The normalized spacial score (nSPS) is 19.8. The summed E-state index contributed by atoms with van der Waals surface area (Å²) in [7, 11) is 3.36. The molecule has 1 saturated heterocycles. The van der Waals surface area contributed by atoms with Crippen molar-refractivity contribution in [3.8, 4) is 0 Å². The molecule has 5 heteroatoms. The van der Waals surface area contributed by atoms with Gasteiger partial charge in [0.15, 0.2) is 0 Å². The Morgan fingerprint density at radius 1 is 1.41 bits per heavy atom. The summed E-state index contributed by atoms with van der Waals surface area (Å²) in [5.41, 5.74) is 0.